The summed E-state index contributed by atoms with van der Waals surface area (Å²) in [6.07, 6.45) is -0.0378. The molecule has 0 radical (unpaired) electrons. The van der Waals surface area contributed by atoms with Crippen LogP contribution in [-0.4, -0.2) is 30.0 Å². The van der Waals surface area contributed by atoms with Crippen molar-refractivity contribution in [3.8, 4) is 5.75 Å². The molecule has 27 heavy (non-hydrogen) atoms. The van der Waals surface area contributed by atoms with Gasteiger partial charge in [0.15, 0.2) is 5.75 Å². The van der Waals surface area contributed by atoms with Crippen LogP contribution in [0.4, 0.5) is 8.78 Å². The Labute approximate surface area is 179 Å². The maximum absolute atomic E-state index is 13.5. The van der Waals surface area contributed by atoms with Gasteiger partial charge in [0.2, 0.25) is 5.78 Å². The first-order valence-electron chi connectivity index (χ1n) is 7.60. The van der Waals surface area contributed by atoms with Crippen LogP contribution in [0.3, 0.4) is 0 Å². The van der Waals surface area contributed by atoms with E-state index in [9.17, 15) is 26.8 Å². The zero-order chi connectivity index (χ0) is 20.6. The molecule has 0 saturated heterocycles. The number of hydrogen-bond donors (Lipinski definition) is 1. The van der Waals surface area contributed by atoms with Crippen molar-refractivity contribution in [3.63, 3.8) is 0 Å². The molecule has 6 nitrogen and oxygen atoms in total. The summed E-state index contributed by atoms with van der Waals surface area (Å²) in [5.74, 6) is -4.03. The fourth-order valence-corrected chi connectivity index (χ4v) is 5.61. The number of ketones is 1. The van der Waals surface area contributed by atoms with E-state index < -0.39 is 39.0 Å². The molecule has 0 amide bonds. The quantitative estimate of drug-likeness (QED) is 0.299. The summed E-state index contributed by atoms with van der Waals surface area (Å²) in [5.41, 5.74) is 0. The van der Waals surface area contributed by atoms with Gasteiger partial charge in [0, 0.05) is 10.4 Å². The highest BCUT2D eigenvalue weighted by Gasteiger charge is 2.54. The van der Waals surface area contributed by atoms with E-state index in [1.54, 1.807) is 12.1 Å². The lowest BCUT2D eigenvalue weighted by Gasteiger charge is -2.28. The third-order valence-electron chi connectivity index (χ3n) is 4.21. The highest BCUT2D eigenvalue weighted by molar-refractivity contribution is 9.11. The SMILES string of the molecule is O=C(Oc1c(Br)cc(Br)cc1Br)C1CCC(C(=O)C(F)(F)S(=O)(=O)O)CC1. The maximum Gasteiger partial charge on any atom is 0.426 e. The van der Waals surface area contributed by atoms with Crippen LogP contribution in [0.1, 0.15) is 25.7 Å². The van der Waals surface area contributed by atoms with Crippen LogP contribution >= 0.6 is 47.8 Å². The number of carbonyl (C=O) groups is 2. The van der Waals surface area contributed by atoms with Crippen molar-refractivity contribution >= 4 is 69.7 Å². The van der Waals surface area contributed by atoms with Crippen LogP contribution in [-0.2, 0) is 19.7 Å². The topological polar surface area (TPSA) is 97.7 Å². The van der Waals surface area contributed by atoms with E-state index in [0.717, 1.165) is 4.47 Å². The molecule has 150 valence electrons. The third kappa shape index (κ3) is 5.14. The first-order valence-corrected chi connectivity index (χ1v) is 11.4. The van der Waals surface area contributed by atoms with E-state index in [0.29, 0.717) is 8.95 Å². The lowest BCUT2D eigenvalue weighted by atomic mass is 9.80. The van der Waals surface area contributed by atoms with Gasteiger partial charge in [-0.05, 0) is 69.7 Å². The molecule has 0 spiro atoms. The summed E-state index contributed by atoms with van der Waals surface area (Å²) in [6.45, 7) is 0. The minimum Gasteiger partial charge on any atom is -0.424 e. The van der Waals surface area contributed by atoms with Crippen LogP contribution in [0.15, 0.2) is 25.6 Å². The lowest BCUT2D eigenvalue weighted by molar-refractivity contribution is -0.144. The fraction of sp³-hybridized carbons (Fsp3) is 0.467. The van der Waals surface area contributed by atoms with Gasteiger partial charge in [-0.3, -0.25) is 14.1 Å². The molecule has 0 aliphatic heterocycles. The Bertz CT molecular complexity index is 843. The summed E-state index contributed by atoms with van der Waals surface area (Å²) in [4.78, 5) is 24.1. The molecule has 12 heteroatoms. The van der Waals surface area contributed by atoms with Gasteiger partial charge in [0.25, 0.3) is 0 Å². The normalized spacial score (nSPS) is 21.0. The van der Waals surface area contributed by atoms with Crippen molar-refractivity contribution < 1.29 is 36.1 Å². The van der Waals surface area contributed by atoms with Crippen molar-refractivity contribution in [2.75, 3.05) is 0 Å². The Balaban J connectivity index is 2.02. The molecule has 0 heterocycles. The van der Waals surface area contributed by atoms with E-state index >= 15 is 0 Å². The number of ether oxygens (including phenoxy) is 1. The van der Waals surface area contributed by atoms with Crippen molar-refractivity contribution in [1.82, 2.24) is 0 Å². The van der Waals surface area contributed by atoms with E-state index in [4.69, 9.17) is 9.29 Å². The van der Waals surface area contributed by atoms with Crippen LogP contribution in [0, 0.1) is 11.8 Å². The predicted octanol–water partition coefficient (Wildman–Crippen LogP) is 4.74. The smallest absolute Gasteiger partial charge is 0.424 e. The second kappa shape index (κ2) is 8.52. The second-order valence-electron chi connectivity index (χ2n) is 6.02. The lowest BCUT2D eigenvalue weighted by Crippen LogP contribution is -2.43. The minimum atomic E-state index is -5.82. The zero-order valence-electron chi connectivity index (χ0n) is 13.4. The molecule has 0 unspecified atom stereocenters. The monoisotopic (exact) mass is 596 g/mol. The number of halogens is 5. The molecular formula is C15H13Br3F2O6S. The Morgan fingerprint density at radius 2 is 1.48 bits per heavy atom. The summed E-state index contributed by atoms with van der Waals surface area (Å²) in [7, 11) is -5.82. The third-order valence-corrected chi connectivity index (χ3v) is 6.69. The maximum atomic E-state index is 13.5. The molecule has 2 rings (SSSR count). The van der Waals surface area contributed by atoms with Crippen molar-refractivity contribution in [3.05, 3.63) is 25.6 Å². The van der Waals surface area contributed by atoms with Crippen molar-refractivity contribution in [2.24, 2.45) is 11.8 Å². The second-order valence-corrected chi connectivity index (χ2v) is 10.1. The number of carbonyl (C=O) groups excluding carboxylic acids is 2. The van der Waals surface area contributed by atoms with E-state index in [2.05, 4.69) is 47.8 Å². The molecular weight excluding hydrogens is 586 g/mol. The number of hydrogen-bond acceptors (Lipinski definition) is 5. The van der Waals surface area contributed by atoms with Gasteiger partial charge >= 0.3 is 21.3 Å². The summed E-state index contributed by atoms with van der Waals surface area (Å²) in [6, 6.07) is 3.36. The number of esters is 1. The molecule has 0 atom stereocenters. The van der Waals surface area contributed by atoms with Gasteiger partial charge in [0.05, 0.1) is 14.9 Å². The molecule has 1 aromatic rings. The molecule has 1 aliphatic carbocycles. The van der Waals surface area contributed by atoms with Gasteiger partial charge in [-0.15, -0.1) is 0 Å². The molecule has 1 saturated carbocycles. The molecule has 1 aliphatic rings. The number of alkyl halides is 2. The van der Waals surface area contributed by atoms with E-state index in [1.165, 1.54) is 0 Å². The van der Waals surface area contributed by atoms with Crippen LogP contribution in [0.25, 0.3) is 0 Å². The van der Waals surface area contributed by atoms with Crippen molar-refractivity contribution in [1.29, 1.82) is 0 Å². The van der Waals surface area contributed by atoms with Gasteiger partial charge in [-0.2, -0.15) is 17.2 Å². The fourth-order valence-electron chi connectivity index (χ4n) is 2.77. The first kappa shape index (κ1) is 22.9. The Kier molecular flexibility index (Phi) is 7.21. The minimum absolute atomic E-state index is 0.0859. The number of rotatable bonds is 5. The molecule has 1 N–H and O–H groups in total. The Hall–Kier alpha value is -0.430. The van der Waals surface area contributed by atoms with E-state index in [1.807, 2.05) is 0 Å². The Morgan fingerprint density at radius 3 is 1.93 bits per heavy atom. The van der Waals surface area contributed by atoms with Crippen LogP contribution < -0.4 is 4.74 Å². The van der Waals surface area contributed by atoms with Gasteiger partial charge in [-0.1, -0.05) is 15.9 Å². The molecule has 1 fully saturated rings. The number of Topliss-reactive ketones (excluding diaryl/α,β-unsaturated/α-hetero) is 1. The molecule has 0 aromatic heterocycles. The largest absolute Gasteiger partial charge is 0.426 e. The summed E-state index contributed by atoms with van der Waals surface area (Å²) in [5, 5.41) is -4.85. The number of benzene rings is 1. The van der Waals surface area contributed by atoms with E-state index in [-0.39, 0.29) is 31.4 Å². The van der Waals surface area contributed by atoms with Gasteiger partial charge in [-0.25, -0.2) is 0 Å². The van der Waals surface area contributed by atoms with Crippen LogP contribution in [0.5, 0.6) is 5.75 Å². The predicted molar refractivity (Wildman–Crippen MR) is 102 cm³/mol. The van der Waals surface area contributed by atoms with Crippen molar-refractivity contribution in [2.45, 2.75) is 30.9 Å². The highest BCUT2D eigenvalue weighted by Crippen LogP contribution is 2.39. The molecule has 1 aromatic carbocycles. The standard InChI is InChI=1S/C15H13Br3F2O6S/c16-9-5-10(17)12(11(18)6-9)26-14(22)8-3-1-7(2-4-8)13(21)15(19,20)27(23,24)25/h5-8H,1-4H2,(H,23,24,25). The summed E-state index contributed by atoms with van der Waals surface area (Å²) >= 11 is 9.83. The highest BCUT2D eigenvalue weighted by atomic mass is 79.9. The summed E-state index contributed by atoms with van der Waals surface area (Å²) < 4.78 is 64.1. The average Bonchev–Trinajstić information content (AvgIpc) is 2.56. The first-order chi connectivity index (χ1) is 12.3. The average molecular weight is 599 g/mol. The molecule has 0 bridgehead atoms. The van der Waals surface area contributed by atoms with Gasteiger partial charge < -0.3 is 4.74 Å². The Morgan fingerprint density at radius 1 is 1.04 bits per heavy atom. The zero-order valence-corrected chi connectivity index (χ0v) is 19.0. The van der Waals surface area contributed by atoms with Crippen LogP contribution in [0.2, 0.25) is 0 Å². The van der Waals surface area contributed by atoms with Gasteiger partial charge in [0.1, 0.15) is 0 Å².